The van der Waals surface area contributed by atoms with Gasteiger partial charge in [-0.3, -0.25) is 14.6 Å². The Labute approximate surface area is 222 Å². The predicted molar refractivity (Wildman–Crippen MR) is 143 cm³/mol. The van der Waals surface area contributed by atoms with Crippen LogP contribution in [0.5, 0.6) is 0 Å². The summed E-state index contributed by atoms with van der Waals surface area (Å²) in [4.78, 5) is 47.7. The highest BCUT2D eigenvalue weighted by Crippen LogP contribution is 2.32. The number of amides is 4. The van der Waals surface area contributed by atoms with E-state index >= 15 is 0 Å². The van der Waals surface area contributed by atoms with Gasteiger partial charge in [0, 0.05) is 32.4 Å². The summed E-state index contributed by atoms with van der Waals surface area (Å²) in [6, 6.07) is 12.4. The molecule has 4 heterocycles. The number of para-hydroxylation sites is 1. The van der Waals surface area contributed by atoms with Gasteiger partial charge in [0.15, 0.2) is 5.13 Å². The molecule has 196 valence electrons. The van der Waals surface area contributed by atoms with Crippen molar-refractivity contribution in [3.63, 3.8) is 0 Å². The van der Waals surface area contributed by atoms with Gasteiger partial charge in [-0.15, -0.1) is 0 Å². The predicted octanol–water partition coefficient (Wildman–Crippen LogP) is 2.23. The van der Waals surface area contributed by atoms with Crippen molar-refractivity contribution in [2.45, 2.75) is 25.2 Å². The number of carbonyl (C=O) groups excluding carboxylic acids is 3. The van der Waals surface area contributed by atoms with Gasteiger partial charge in [0.05, 0.1) is 29.6 Å². The monoisotopic (exact) mass is 533 g/mol. The fraction of sp³-hybridized carbons (Fsp3) is 0.308. The van der Waals surface area contributed by atoms with E-state index < -0.39 is 12.2 Å². The molecule has 2 aliphatic heterocycles. The first kappa shape index (κ1) is 24.2. The first-order valence-corrected chi connectivity index (χ1v) is 13.1. The van der Waals surface area contributed by atoms with Crippen molar-refractivity contribution in [1.82, 2.24) is 30.1 Å². The van der Waals surface area contributed by atoms with Crippen LogP contribution < -0.4 is 11.1 Å². The molecule has 2 fully saturated rings. The van der Waals surface area contributed by atoms with E-state index in [0.717, 1.165) is 32.3 Å². The largest absolute Gasteiger partial charge is 0.464 e. The molecule has 4 amide bonds. The first-order valence-electron chi connectivity index (χ1n) is 12.3. The number of urea groups is 1. The zero-order valence-electron chi connectivity index (χ0n) is 21.0. The molecule has 0 bridgehead atoms. The van der Waals surface area contributed by atoms with Crippen LogP contribution in [0.15, 0.2) is 53.1 Å². The fourth-order valence-electron chi connectivity index (χ4n) is 5.45. The highest BCUT2D eigenvalue weighted by Gasteiger charge is 2.51. The number of hydrazine groups is 1. The summed E-state index contributed by atoms with van der Waals surface area (Å²) in [6.07, 6.45) is 1.47. The second-order valence-electron chi connectivity index (χ2n) is 9.51. The number of hydrogen-bond acceptors (Lipinski definition) is 8. The van der Waals surface area contributed by atoms with Crippen LogP contribution in [0.25, 0.3) is 21.2 Å². The summed E-state index contributed by atoms with van der Waals surface area (Å²) >= 11 is 1.40. The minimum atomic E-state index is -0.728. The number of anilines is 1. The zero-order chi connectivity index (χ0) is 26.6. The smallest absolute Gasteiger partial charge is 0.331 e. The number of hydrogen-bond donors (Lipinski definition) is 2. The molecule has 3 N–H and O–H groups in total. The van der Waals surface area contributed by atoms with Gasteiger partial charge < -0.3 is 25.3 Å². The molecule has 0 saturated carbocycles. The third-order valence-electron chi connectivity index (χ3n) is 7.29. The second kappa shape index (κ2) is 9.30. The number of nitrogens with zero attached hydrogens (tertiary/aromatic N) is 5. The zero-order valence-corrected chi connectivity index (χ0v) is 21.8. The molecule has 2 saturated heterocycles. The number of nitrogens with one attached hydrogen (secondary N) is 1. The summed E-state index contributed by atoms with van der Waals surface area (Å²) in [6.45, 7) is 0.566. The SMILES string of the molecule is CNC(=O)N(C)N1CC(=O)N2[C@@H](Cc3ccc4occc4c3)C(=O)N(Cc3cccc4sc(N)nc34)C[C@@H]21. The Balaban J connectivity index is 1.37. The molecule has 11 nitrogen and oxygen atoms in total. The number of piperazine rings is 1. The molecule has 0 radical (unpaired) electrons. The minimum Gasteiger partial charge on any atom is -0.464 e. The van der Waals surface area contributed by atoms with Crippen molar-refractivity contribution in [3.8, 4) is 0 Å². The molecule has 2 atom stereocenters. The van der Waals surface area contributed by atoms with Gasteiger partial charge in [-0.2, -0.15) is 5.01 Å². The normalized spacial score (nSPS) is 19.9. The maximum atomic E-state index is 14.0. The van der Waals surface area contributed by atoms with Crippen molar-refractivity contribution in [1.29, 1.82) is 0 Å². The number of rotatable bonds is 5. The van der Waals surface area contributed by atoms with Gasteiger partial charge in [-0.1, -0.05) is 29.5 Å². The molecule has 6 rings (SSSR count). The number of thiazole rings is 1. The third-order valence-corrected chi connectivity index (χ3v) is 8.14. The minimum absolute atomic E-state index is 0.00513. The van der Waals surface area contributed by atoms with E-state index in [4.69, 9.17) is 10.2 Å². The summed E-state index contributed by atoms with van der Waals surface area (Å²) in [5.74, 6) is -0.339. The van der Waals surface area contributed by atoms with Gasteiger partial charge in [-0.25, -0.2) is 9.78 Å². The van der Waals surface area contributed by atoms with E-state index in [9.17, 15) is 14.4 Å². The highest BCUT2D eigenvalue weighted by molar-refractivity contribution is 7.22. The molecule has 2 aromatic carbocycles. The number of benzene rings is 2. The molecular formula is C26H27N7O4S. The molecule has 12 heteroatoms. The lowest BCUT2D eigenvalue weighted by molar-refractivity contribution is -0.157. The Morgan fingerprint density at radius 2 is 2.11 bits per heavy atom. The van der Waals surface area contributed by atoms with Crippen molar-refractivity contribution >= 4 is 55.5 Å². The topological polar surface area (TPSA) is 128 Å². The van der Waals surface area contributed by atoms with Crippen LogP contribution in [-0.2, 0) is 22.6 Å². The van der Waals surface area contributed by atoms with E-state index in [-0.39, 0.29) is 30.9 Å². The summed E-state index contributed by atoms with van der Waals surface area (Å²) in [5, 5.41) is 7.13. The standard InChI is InChI=1S/C26H27N7O4S/c1-28-26(36)30(2)32-14-22(34)33-18(11-15-6-7-19-16(10-15)8-9-37-19)24(35)31(13-21(32)33)12-17-4-3-5-20-23(17)29-25(27)38-20/h3-10,18,21H,11-14H2,1-2H3,(H2,27,29)(H,28,36)/t18-,21+/m0/s1. The van der Waals surface area contributed by atoms with Crippen molar-refractivity contribution in [3.05, 3.63) is 59.9 Å². The quantitative estimate of drug-likeness (QED) is 0.403. The lowest BCUT2D eigenvalue weighted by Crippen LogP contribution is -2.65. The third kappa shape index (κ3) is 4.02. The van der Waals surface area contributed by atoms with E-state index in [0.29, 0.717) is 18.1 Å². The summed E-state index contributed by atoms with van der Waals surface area (Å²) in [5.41, 5.74) is 9.29. The molecule has 0 aliphatic carbocycles. The number of carbonyl (C=O) groups is 3. The van der Waals surface area contributed by atoms with Crippen molar-refractivity contribution in [2.75, 3.05) is 32.9 Å². The van der Waals surface area contributed by atoms with Crippen LogP contribution in [0.4, 0.5) is 9.93 Å². The van der Waals surface area contributed by atoms with Crippen LogP contribution in [-0.4, -0.2) is 82.0 Å². The van der Waals surface area contributed by atoms with Gasteiger partial charge in [0.1, 0.15) is 17.8 Å². The maximum absolute atomic E-state index is 14.0. The number of nitrogen functional groups attached to an aromatic ring is 1. The van der Waals surface area contributed by atoms with Crippen LogP contribution in [0, 0.1) is 0 Å². The van der Waals surface area contributed by atoms with Crippen LogP contribution in [0.3, 0.4) is 0 Å². The maximum Gasteiger partial charge on any atom is 0.331 e. The van der Waals surface area contributed by atoms with Crippen LogP contribution in [0.1, 0.15) is 11.1 Å². The molecule has 2 aliphatic rings. The molecule has 38 heavy (non-hydrogen) atoms. The summed E-state index contributed by atoms with van der Waals surface area (Å²) in [7, 11) is 3.16. The average molecular weight is 534 g/mol. The second-order valence-corrected chi connectivity index (χ2v) is 10.6. The Hall–Kier alpha value is -4.16. The van der Waals surface area contributed by atoms with Gasteiger partial charge >= 0.3 is 6.03 Å². The lowest BCUT2D eigenvalue weighted by Gasteiger charge is -2.45. The Bertz CT molecular complexity index is 1570. The van der Waals surface area contributed by atoms with E-state index in [1.54, 1.807) is 35.2 Å². The van der Waals surface area contributed by atoms with E-state index in [2.05, 4.69) is 10.3 Å². The van der Waals surface area contributed by atoms with Gasteiger partial charge in [0.25, 0.3) is 0 Å². The Kier molecular flexibility index (Phi) is 5.92. The fourth-order valence-corrected chi connectivity index (χ4v) is 6.23. The van der Waals surface area contributed by atoms with Gasteiger partial charge in [-0.05, 0) is 35.4 Å². The molecule has 4 aromatic rings. The molecule has 2 aromatic heterocycles. The van der Waals surface area contributed by atoms with E-state index in [1.165, 1.54) is 16.3 Å². The highest BCUT2D eigenvalue weighted by atomic mass is 32.1. The number of nitrogens with two attached hydrogens (primary N) is 1. The van der Waals surface area contributed by atoms with Crippen LogP contribution >= 0.6 is 11.3 Å². The lowest BCUT2D eigenvalue weighted by atomic mass is 9.99. The first-order chi connectivity index (χ1) is 18.3. The van der Waals surface area contributed by atoms with Crippen molar-refractivity contribution in [2.24, 2.45) is 0 Å². The number of furan rings is 1. The number of fused-ring (bicyclic) bond motifs is 3. The molecule has 0 spiro atoms. The van der Waals surface area contributed by atoms with Crippen LogP contribution in [0.2, 0.25) is 0 Å². The van der Waals surface area contributed by atoms with Crippen molar-refractivity contribution < 1.29 is 18.8 Å². The molecular weight excluding hydrogens is 506 g/mol. The number of aromatic nitrogens is 1. The average Bonchev–Trinajstić information content (AvgIpc) is 3.61. The van der Waals surface area contributed by atoms with Gasteiger partial charge in [0.2, 0.25) is 11.8 Å². The Morgan fingerprint density at radius 1 is 1.26 bits per heavy atom. The Morgan fingerprint density at radius 3 is 2.92 bits per heavy atom. The van der Waals surface area contributed by atoms with E-state index in [1.807, 2.05) is 42.5 Å². The summed E-state index contributed by atoms with van der Waals surface area (Å²) < 4.78 is 6.41. The molecule has 0 unspecified atom stereocenters.